The molecule has 0 bridgehead atoms. The molecular weight excluding hydrogens is 386 g/mol. The molecule has 0 radical (unpaired) electrons. The van der Waals surface area contributed by atoms with Gasteiger partial charge in [-0.2, -0.15) is 0 Å². The van der Waals surface area contributed by atoms with Crippen molar-refractivity contribution >= 4 is 17.3 Å². The molecule has 2 heterocycles. The van der Waals surface area contributed by atoms with Crippen molar-refractivity contribution in [3.8, 4) is 11.5 Å². The lowest BCUT2D eigenvalue weighted by molar-refractivity contribution is -0.384. The lowest BCUT2D eigenvalue weighted by atomic mass is 10.0. The first-order valence-electron chi connectivity index (χ1n) is 10.2. The van der Waals surface area contributed by atoms with Crippen LogP contribution in [0.15, 0.2) is 36.4 Å². The van der Waals surface area contributed by atoms with Crippen LogP contribution >= 0.6 is 0 Å². The Bertz CT molecular complexity index is 975. The Morgan fingerprint density at radius 2 is 1.93 bits per heavy atom. The average molecular weight is 411 g/mol. The summed E-state index contributed by atoms with van der Waals surface area (Å²) in [5.41, 5.74) is 1.79. The van der Waals surface area contributed by atoms with Crippen molar-refractivity contribution in [1.29, 1.82) is 0 Å². The molecule has 1 fully saturated rings. The number of nitrogens with zero attached hydrogens (tertiary/aromatic N) is 2. The Balaban J connectivity index is 1.66. The minimum absolute atomic E-state index is 0.00475. The van der Waals surface area contributed by atoms with Crippen molar-refractivity contribution in [2.45, 2.75) is 38.8 Å². The average Bonchev–Trinajstić information content (AvgIpc) is 3.22. The van der Waals surface area contributed by atoms with Crippen LogP contribution in [0, 0.1) is 10.1 Å². The molecule has 30 heavy (non-hydrogen) atoms. The normalized spacial score (nSPS) is 17.8. The van der Waals surface area contributed by atoms with Gasteiger partial charge < -0.3 is 19.7 Å². The third kappa shape index (κ3) is 3.90. The second-order valence-electron chi connectivity index (χ2n) is 7.84. The highest BCUT2D eigenvalue weighted by molar-refractivity contribution is 5.96. The molecule has 158 valence electrons. The SMILES string of the molecule is CC(C)NC(=O)c1ccc(N2CCC[C@H]2c2ccc3c(c2)OCCO3)c([N+](=O)[O-])c1. The van der Waals surface area contributed by atoms with E-state index < -0.39 is 4.92 Å². The van der Waals surface area contributed by atoms with Gasteiger partial charge >= 0.3 is 0 Å². The first-order chi connectivity index (χ1) is 14.4. The highest BCUT2D eigenvalue weighted by Crippen LogP contribution is 2.43. The van der Waals surface area contributed by atoms with E-state index in [9.17, 15) is 14.9 Å². The van der Waals surface area contributed by atoms with Crippen molar-refractivity contribution in [3.05, 3.63) is 57.6 Å². The fraction of sp³-hybridized carbons (Fsp3) is 0.409. The van der Waals surface area contributed by atoms with E-state index in [-0.39, 0.29) is 29.2 Å². The summed E-state index contributed by atoms with van der Waals surface area (Å²) in [6.07, 6.45) is 1.80. The summed E-state index contributed by atoms with van der Waals surface area (Å²) < 4.78 is 11.3. The Hall–Kier alpha value is -3.29. The van der Waals surface area contributed by atoms with Gasteiger partial charge in [-0.05, 0) is 56.5 Å². The Morgan fingerprint density at radius 3 is 2.67 bits per heavy atom. The molecule has 1 amide bonds. The summed E-state index contributed by atoms with van der Waals surface area (Å²) in [4.78, 5) is 25.8. The highest BCUT2D eigenvalue weighted by Gasteiger charge is 2.32. The van der Waals surface area contributed by atoms with Crippen LogP contribution in [0.2, 0.25) is 0 Å². The van der Waals surface area contributed by atoms with Crippen molar-refractivity contribution < 1.29 is 19.2 Å². The van der Waals surface area contributed by atoms with Crippen LogP contribution in [0.5, 0.6) is 11.5 Å². The zero-order valence-electron chi connectivity index (χ0n) is 17.1. The summed E-state index contributed by atoms with van der Waals surface area (Å²) in [5.74, 6) is 1.12. The van der Waals surface area contributed by atoms with Crippen LogP contribution in [0.1, 0.15) is 48.7 Å². The fourth-order valence-corrected chi connectivity index (χ4v) is 4.07. The summed E-state index contributed by atoms with van der Waals surface area (Å²) in [5, 5.41) is 14.6. The predicted molar refractivity (Wildman–Crippen MR) is 112 cm³/mol. The number of nitro groups is 1. The van der Waals surface area contributed by atoms with Gasteiger partial charge in [0.15, 0.2) is 11.5 Å². The van der Waals surface area contributed by atoms with Crippen LogP contribution in [-0.4, -0.2) is 36.6 Å². The monoisotopic (exact) mass is 411 g/mol. The number of fused-ring (bicyclic) bond motifs is 1. The first-order valence-corrected chi connectivity index (χ1v) is 10.2. The third-order valence-electron chi connectivity index (χ3n) is 5.37. The maximum atomic E-state index is 12.3. The van der Waals surface area contributed by atoms with E-state index in [1.807, 2.05) is 36.9 Å². The molecule has 2 aliphatic heterocycles. The van der Waals surface area contributed by atoms with Gasteiger partial charge in [0.25, 0.3) is 11.6 Å². The Labute approximate surface area is 174 Å². The lowest BCUT2D eigenvalue weighted by Crippen LogP contribution is -2.30. The van der Waals surface area contributed by atoms with Gasteiger partial charge in [-0.3, -0.25) is 14.9 Å². The number of anilines is 1. The number of rotatable bonds is 5. The number of hydrogen-bond donors (Lipinski definition) is 1. The molecule has 0 aliphatic carbocycles. The molecule has 2 aliphatic rings. The smallest absolute Gasteiger partial charge is 0.293 e. The van der Waals surface area contributed by atoms with Gasteiger partial charge in [0, 0.05) is 24.2 Å². The van der Waals surface area contributed by atoms with Crippen molar-refractivity contribution in [1.82, 2.24) is 5.32 Å². The van der Waals surface area contributed by atoms with Gasteiger partial charge in [-0.15, -0.1) is 0 Å². The summed E-state index contributed by atoms with van der Waals surface area (Å²) in [6.45, 7) is 5.45. The van der Waals surface area contributed by atoms with Gasteiger partial charge in [-0.25, -0.2) is 0 Å². The van der Waals surface area contributed by atoms with Crippen LogP contribution in [0.25, 0.3) is 0 Å². The van der Waals surface area contributed by atoms with Crippen molar-refractivity contribution in [2.75, 3.05) is 24.7 Å². The molecule has 0 saturated carbocycles. The molecule has 1 saturated heterocycles. The summed E-state index contributed by atoms with van der Waals surface area (Å²) in [7, 11) is 0. The molecule has 0 aromatic heterocycles. The number of ether oxygens (including phenoxy) is 2. The molecule has 1 N–H and O–H groups in total. The first kappa shape index (κ1) is 20.0. The van der Waals surface area contributed by atoms with E-state index in [4.69, 9.17) is 9.47 Å². The number of amides is 1. The van der Waals surface area contributed by atoms with Crippen molar-refractivity contribution in [3.63, 3.8) is 0 Å². The summed E-state index contributed by atoms with van der Waals surface area (Å²) in [6, 6.07) is 10.5. The molecular formula is C22H25N3O5. The zero-order valence-corrected chi connectivity index (χ0v) is 17.1. The van der Waals surface area contributed by atoms with Crippen molar-refractivity contribution in [2.24, 2.45) is 0 Å². The van der Waals surface area contributed by atoms with E-state index in [1.54, 1.807) is 12.1 Å². The lowest BCUT2D eigenvalue weighted by Gasteiger charge is -2.28. The maximum absolute atomic E-state index is 12.3. The van der Waals surface area contributed by atoms with E-state index in [0.717, 1.165) is 24.2 Å². The molecule has 0 unspecified atom stereocenters. The molecule has 8 heteroatoms. The minimum Gasteiger partial charge on any atom is -0.486 e. The molecule has 0 spiro atoms. The number of nitro benzene ring substituents is 1. The maximum Gasteiger partial charge on any atom is 0.293 e. The van der Waals surface area contributed by atoms with Crippen LogP contribution in [-0.2, 0) is 0 Å². The molecule has 2 aromatic rings. The van der Waals surface area contributed by atoms with Crippen LogP contribution in [0.4, 0.5) is 11.4 Å². The van der Waals surface area contributed by atoms with Gasteiger partial charge in [0.05, 0.1) is 11.0 Å². The number of benzene rings is 2. The molecule has 8 nitrogen and oxygen atoms in total. The Morgan fingerprint density at radius 1 is 1.17 bits per heavy atom. The van der Waals surface area contributed by atoms with E-state index in [2.05, 4.69) is 5.32 Å². The van der Waals surface area contributed by atoms with Gasteiger partial charge in [0.1, 0.15) is 18.9 Å². The third-order valence-corrected chi connectivity index (χ3v) is 5.37. The van der Waals surface area contributed by atoms with E-state index in [0.29, 0.717) is 31.2 Å². The predicted octanol–water partition coefficient (Wildman–Crippen LogP) is 3.85. The number of carbonyl (C=O) groups excluding carboxylic acids is 1. The Kier molecular flexibility index (Phi) is 5.48. The van der Waals surface area contributed by atoms with Gasteiger partial charge in [-0.1, -0.05) is 6.07 Å². The zero-order chi connectivity index (χ0) is 21.3. The largest absolute Gasteiger partial charge is 0.486 e. The number of hydrogen-bond acceptors (Lipinski definition) is 6. The molecule has 4 rings (SSSR count). The quantitative estimate of drug-likeness (QED) is 0.593. The number of nitrogens with one attached hydrogen (secondary N) is 1. The second kappa shape index (κ2) is 8.22. The molecule has 2 aromatic carbocycles. The van der Waals surface area contributed by atoms with Gasteiger partial charge in [0.2, 0.25) is 0 Å². The fourth-order valence-electron chi connectivity index (χ4n) is 4.07. The van der Waals surface area contributed by atoms with Crippen LogP contribution in [0.3, 0.4) is 0 Å². The van der Waals surface area contributed by atoms with E-state index in [1.165, 1.54) is 6.07 Å². The standard InChI is InChI=1S/C22H25N3O5/c1-14(2)23-22(26)16-5-7-18(19(12-16)25(27)28)24-9-3-4-17(24)15-6-8-20-21(13-15)30-11-10-29-20/h5-8,12-14,17H,3-4,9-11H2,1-2H3,(H,23,26)/t17-/m0/s1. The number of carbonyl (C=O) groups is 1. The highest BCUT2D eigenvalue weighted by atomic mass is 16.6. The topological polar surface area (TPSA) is 93.9 Å². The molecule has 1 atom stereocenters. The minimum atomic E-state index is -0.416. The summed E-state index contributed by atoms with van der Waals surface area (Å²) >= 11 is 0. The second-order valence-corrected chi connectivity index (χ2v) is 7.84. The van der Waals surface area contributed by atoms with E-state index >= 15 is 0 Å². The van der Waals surface area contributed by atoms with Crippen LogP contribution < -0.4 is 19.7 Å².